The summed E-state index contributed by atoms with van der Waals surface area (Å²) < 4.78 is 70.7. The maximum absolute atomic E-state index is 12.8. The minimum Gasteiger partial charge on any atom is -0.494 e. The third kappa shape index (κ3) is 7.85. The number of ether oxygens (including phenoxy) is 1. The summed E-state index contributed by atoms with van der Waals surface area (Å²) in [6, 6.07) is 10.0. The predicted molar refractivity (Wildman–Crippen MR) is 134 cm³/mol. The molecule has 1 fully saturated rings. The minimum atomic E-state index is -4.53. The van der Waals surface area contributed by atoms with E-state index in [1.54, 1.807) is 24.3 Å². The Balaban J connectivity index is 1.39. The lowest BCUT2D eigenvalue weighted by atomic mass is 9.98. The fourth-order valence-corrected chi connectivity index (χ4v) is 5.43. The lowest BCUT2D eigenvalue weighted by Crippen LogP contribution is -2.35. The molecule has 1 N–H and O–H groups in total. The van der Waals surface area contributed by atoms with Crippen LogP contribution in [0.5, 0.6) is 5.75 Å². The summed E-state index contributed by atoms with van der Waals surface area (Å²) >= 11 is 0. The number of rotatable bonds is 12. The Kier molecular flexibility index (Phi) is 10.0. The van der Waals surface area contributed by atoms with Crippen molar-refractivity contribution in [1.82, 2.24) is 4.90 Å². The van der Waals surface area contributed by atoms with Gasteiger partial charge in [0.2, 0.25) is 0 Å². The van der Waals surface area contributed by atoms with Gasteiger partial charge in [0.1, 0.15) is 5.75 Å². The Morgan fingerprint density at radius 2 is 1.58 bits per heavy atom. The molecule has 3 rings (SSSR count). The monoisotopic (exact) mass is 528 g/mol. The highest BCUT2D eigenvalue weighted by Crippen LogP contribution is 2.31. The van der Waals surface area contributed by atoms with Crippen LogP contribution >= 0.6 is 0 Å². The van der Waals surface area contributed by atoms with Gasteiger partial charge in [0.25, 0.3) is 10.0 Å². The van der Waals surface area contributed by atoms with Gasteiger partial charge in [0.05, 0.1) is 22.8 Å². The molecule has 0 spiro atoms. The molecule has 36 heavy (non-hydrogen) atoms. The number of benzene rings is 2. The van der Waals surface area contributed by atoms with Gasteiger partial charge in [-0.05, 0) is 99.8 Å². The molecule has 10 heteroatoms. The summed E-state index contributed by atoms with van der Waals surface area (Å²) in [5.74, 6) is 1.10. The van der Waals surface area contributed by atoms with E-state index in [1.807, 2.05) is 0 Å². The lowest BCUT2D eigenvalue weighted by molar-refractivity contribution is -0.137. The summed E-state index contributed by atoms with van der Waals surface area (Å²) in [5.41, 5.74) is -0.519. The Labute approximate surface area is 211 Å². The van der Waals surface area contributed by atoms with Gasteiger partial charge in [-0.25, -0.2) is 8.42 Å². The lowest BCUT2D eigenvalue weighted by Gasteiger charge is -2.30. The molecule has 1 saturated heterocycles. The van der Waals surface area contributed by atoms with E-state index in [0.717, 1.165) is 86.7 Å². The van der Waals surface area contributed by atoms with Crippen LogP contribution in [0.3, 0.4) is 0 Å². The second kappa shape index (κ2) is 12.8. The van der Waals surface area contributed by atoms with Gasteiger partial charge in [-0.3, -0.25) is 4.31 Å². The van der Waals surface area contributed by atoms with Gasteiger partial charge in [-0.15, -0.1) is 0 Å². The van der Waals surface area contributed by atoms with E-state index in [-0.39, 0.29) is 4.90 Å². The van der Waals surface area contributed by atoms with Crippen molar-refractivity contribution in [2.24, 2.45) is 5.92 Å². The Bertz CT molecular complexity index is 1040. The van der Waals surface area contributed by atoms with Crippen LogP contribution in [0.1, 0.15) is 44.1 Å². The first kappa shape index (κ1) is 28.3. The van der Waals surface area contributed by atoms with Crippen molar-refractivity contribution in [1.29, 1.82) is 0 Å². The van der Waals surface area contributed by atoms with Gasteiger partial charge < -0.3 is 14.7 Å². The Morgan fingerprint density at radius 3 is 2.17 bits per heavy atom. The van der Waals surface area contributed by atoms with E-state index in [0.29, 0.717) is 30.6 Å². The quantitative estimate of drug-likeness (QED) is 0.385. The van der Waals surface area contributed by atoms with Gasteiger partial charge in [-0.1, -0.05) is 12.8 Å². The zero-order chi connectivity index (χ0) is 26.2. The molecule has 0 saturated carbocycles. The maximum Gasteiger partial charge on any atom is 0.416 e. The van der Waals surface area contributed by atoms with Crippen molar-refractivity contribution in [2.45, 2.75) is 49.6 Å². The fourth-order valence-electron chi connectivity index (χ4n) is 4.24. The van der Waals surface area contributed by atoms with E-state index in [2.05, 4.69) is 4.90 Å². The molecular weight excluding hydrogens is 493 g/mol. The van der Waals surface area contributed by atoms with Crippen molar-refractivity contribution in [3.8, 4) is 5.75 Å². The molecule has 6 nitrogen and oxygen atoms in total. The highest BCUT2D eigenvalue weighted by atomic mass is 32.2. The van der Waals surface area contributed by atoms with Crippen molar-refractivity contribution in [3.63, 3.8) is 0 Å². The van der Waals surface area contributed by atoms with Gasteiger partial charge in [0.15, 0.2) is 0 Å². The second-order valence-corrected chi connectivity index (χ2v) is 11.2. The number of aliphatic hydroxyl groups is 1. The first-order chi connectivity index (χ1) is 17.1. The molecule has 200 valence electrons. The van der Waals surface area contributed by atoms with Crippen LogP contribution in [0, 0.1) is 5.92 Å². The molecule has 0 aromatic heterocycles. The number of nitrogens with zero attached hydrogens (tertiary/aromatic N) is 2. The van der Waals surface area contributed by atoms with E-state index in [9.17, 15) is 26.7 Å². The molecule has 0 bridgehead atoms. The van der Waals surface area contributed by atoms with Crippen LogP contribution in [0.15, 0.2) is 53.4 Å². The highest BCUT2D eigenvalue weighted by Gasteiger charge is 2.31. The molecule has 0 radical (unpaired) electrons. The zero-order valence-corrected chi connectivity index (χ0v) is 21.4. The number of piperidine rings is 1. The fraction of sp³-hybridized carbons (Fsp3) is 0.538. The van der Waals surface area contributed by atoms with Gasteiger partial charge in [-0.2, -0.15) is 13.2 Å². The smallest absolute Gasteiger partial charge is 0.416 e. The SMILES string of the molecule is CN(c1ccc(OCCCCCCN2CCC(CO)CC2)cc1)S(=O)(=O)c1ccc(C(F)(F)F)cc1. The molecule has 0 aliphatic carbocycles. The number of aliphatic hydroxyl groups excluding tert-OH is 1. The summed E-state index contributed by atoms with van der Waals surface area (Å²) in [4.78, 5) is 2.26. The average molecular weight is 529 g/mol. The molecular formula is C26H35F3N2O4S. The van der Waals surface area contributed by atoms with E-state index < -0.39 is 21.8 Å². The number of hydrogen-bond acceptors (Lipinski definition) is 5. The molecule has 1 heterocycles. The van der Waals surface area contributed by atoms with Crippen LogP contribution < -0.4 is 9.04 Å². The largest absolute Gasteiger partial charge is 0.494 e. The first-order valence-electron chi connectivity index (χ1n) is 12.3. The van der Waals surface area contributed by atoms with E-state index >= 15 is 0 Å². The molecule has 2 aromatic rings. The second-order valence-electron chi connectivity index (χ2n) is 9.22. The summed E-state index contributed by atoms with van der Waals surface area (Å²) in [7, 11) is -2.64. The number of hydrogen-bond donors (Lipinski definition) is 1. The van der Waals surface area contributed by atoms with Crippen LogP contribution in [0.2, 0.25) is 0 Å². The standard InChI is InChI=1S/C26H35F3N2O4S/c1-30(36(33,34)25-12-6-22(7-13-25)26(27,28)29)23-8-10-24(11-9-23)35-19-5-3-2-4-16-31-17-14-21(20-32)15-18-31/h6-13,21,32H,2-5,14-20H2,1H3. The average Bonchev–Trinajstić information content (AvgIpc) is 2.88. The van der Waals surface area contributed by atoms with Crippen LogP contribution in [0.25, 0.3) is 0 Å². The number of unbranched alkanes of at least 4 members (excludes halogenated alkanes) is 3. The van der Waals surface area contributed by atoms with Crippen LogP contribution in [-0.4, -0.2) is 58.3 Å². The molecule has 1 aliphatic rings. The minimum absolute atomic E-state index is 0.215. The van der Waals surface area contributed by atoms with Gasteiger partial charge >= 0.3 is 6.18 Å². The third-order valence-corrected chi connectivity index (χ3v) is 8.44. The normalized spacial score (nSPS) is 15.7. The molecule has 0 atom stereocenters. The molecule has 0 unspecified atom stereocenters. The van der Waals surface area contributed by atoms with E-state index in [4.69, 9.17) is 4.74 Å². The van der Waals surface area contributed by atoms with Gasteiger partial charge in [0, 0.05) is 13.7 Å². The summed E-state index contributed by atoms with van der Waals surface area (Å²) in [6.07, 6.45) is 1.92. The highest BCUT2D eigenvalue weighted by molar-refractivity contribution is 7.92. The van der Waals surface area contributed by atoms with E-state index in [1.165, 1.54) is 7.05 Å². The van der Waals surface area contributed by atoms with Crippen molar-refractivity contribution < 1.29 is 31.4 Å². The zero-order valence-electron chi connectivity index (χ0n) is 20.6. The van der Waals surface area contributed by atoms with Crippen molar-refractivity contribution in [2.75, 3.05) is 44.2 Å². The Hall–Kier alpha value is -2.30. The molecule has 0 amide bonds. The maximum atomic E-state index is 12.8. The Morgan fingerprint density at radius 1 is 0.972 bits per heavy atom. The number of sulfonamides is 1. The molecule has 2 aromatic carbocycles. The number of likely N-dealkylation sites (tertiary alicyclic amines) is 1. The van der Waals surface area contributed by atoms with Crippen molar-refractivity contribution in [3.05, 3.63) is 54.1 Å². The van der Waals surface area contributed by atoms with Crippen molar-refractivity contribution >= 4 is 15.7 Å². The summed E-state index contributed by atoms with van der Waals surface area (Å²) in [6.45, 7) is 4.12. The number of halogens is 3. The topological polar surface area (TPSA) is 70.1 Å². The molecule has 1 aliphatic heterocycles. The van der Waals surface area contributed by atoms with Crippen LogP contribution in [0.4, 0.5) is 18.9 Å². The number of alkyl halides is 3. The first-order valence-corrected chi connectivity index (χ1v) is 13.8. The number of anilines is 1. The summed E-state index contributed by atoms with van der Waals surface area (Å²) in [5, 5.41) is 9.21. The van der Waals surface area contributed by atoms with Crippen LogP contribution in [-0.2, 0) is 16.2 Å². The predicted octanol–water partition coefficient (Wildman–Crippen LogP) is 5.17. The third-order valence-electron chi connectivity index (χ3n) is 6.64.